The molecule has 6 heteroatoms. The van der Waals surface area contributed by atoms with E-state index in [9.17, 15) is 4.79 Å². The number of carbonyl (C=O) groups is 1. The topological polar surface area (TPSA) is 62.4 Å². The van der Waals surface area contributed by atoms with Crippen LogP contribution in [0.25, 0.3) is 0 Å². The summed E-state index contributed by atoms with van der Waals surface area (Å²) >= 11 is 3.48. The molecule has 0 aliphatic carbocycles. The number of rotatable bonds is 9. The first-order valence-electron chi connectivity index (χ1n) is 7.89. The molecule has 1 rings (SSSR count). The molecule has 0 fully saturated rings. The number of ether oxygens (including phenoxy) is 1. The van der Waals surface area contributed by atoms with Gasteiger partial charge in [0.1, 0.15) is 5.75 Å². The molecule has 23 heavy (non-hydrogen) atoms. The highest BCUT2D eigenvalue weighted by Crippen LogP contribution is 2.23. The van der Waals surface area contributed by atoms with Crippen molar-refractivity contribution in [2.75, 3.05) is 26.7 Å². The zero-order valence-corrected chi connectivity index (χ0v) is 16.0. The zero-order valence-electron chi connectivity index (χ0n) is 14.5. The van der Waals surface area contributed by atoms with Gasteiger partial charge in [-0.15, -0.1) is 0 Å². The highest BCUT2D eigenvalue weighted by atomic mass is 79.9. The molecule has 0 saturated carbocycles. The van der Waals surface area contributed by atoms with Crippen molar-refractivity contribution >= 4 is 21.8 Å². The fourth-order valence-corrected chi connectivity index (χ4v) is 2.45. The molecule has 0 saturated heterocycles. The Kier molecular flexibility index (Phi) is 8.58. The van der Waals surface area contributed by atoms with E-state index in [0.29, 0.717) is 6.54 Å². The van der Waals surface area contributed by atoms with Gasteiger partial charge in [-0.3, -0.25) is 4.79 Å². The Morgan fingerprint density at radius 3 is 2.65 bits per heavy atom. The lowest BCUT2D eigenvalue weighted by molar-refractivity contribution is -0.124. The Morgan fingerprint density at radius 1 is 1.26 bits per heavy atom. The summed E-state index contributed by atoms with van der Waals surface area (Å²) in [5, 5.41) is 9.40. The van der Waals surface area contributed by atoms with Crippen LogP contribution in [0.5, 0.6) is 5.75 Å². The molecular weight excluding hydrogens is 358 g/mol. The van der Waals surface area contributed by atoms with Crippen molar-refractivity contribution in [3.63, 3.8) is 0 Å². The van der Waals surface area contributed by atoms with E-state index in [1.807, 2.05) is 46.0 Å². The van der Waals surface area contributed by atoms with Crippen molar-refractivity contribution in [3.8, 4) is 5.75 Å². The van der Waals surface area contributed by atoms with Crippen LogP contribution in [0.15, 0.2) is 22.7 Å². The van der Waals surface area contributed by atoms with Gasteiger partial charge < -0.3 is 20.7 Å². The molecule has 0 aliphatic heterocycles. The first-order chi connectivity index (χ1) is 10.8. The van der Waals surface area contributed by atoms with E-state index < -0.39 is 0 Å². The van der Waals surface area contributed by atoms with Crippen LogP contribution in [0, 0.1) is 0 Å². The Bertz CT molecular complexity index is 501. The van der Waals surface area contributed by atoms with Crippen molar-refractivity contribution < 1.29 is 9.53 Å². The van der Waals surface area contributed by atoms with Crippen LogP contribution in [0.2, 0.25) is 0 Å². The molecule has 130 valence electrons. The SMILES string of the molecule is CNCCCNCc1cc(Br)ccc1OCC(=O)NC(C)(C)C. The summed E-state index contributed by atoms with van der Waals surface area (Å²) in [6.45, 7) is 8.49. The standard InChI is InChI=1S/C17H28BrN3O2/c1-17(2,3)21-16(22)12-23-15-7-6-14(18)10-13(15)11-20-9-5-8-19-4/h6-7,10,19-20H,5,8-9,11-12H2,1-4H3,(H,21,22). The number of hydrogen-bond acceptors (Lipinski definition) is 4. The summed E-state index contributed by atoms with van der Waals surface area (Å²) in [5.74, 6) is 0.617. The van der Waals surface area contributed by atoms with Crippen LogP contribution in [-0.2, 0) is 11.3 Å². The molecule has 0 radical (unpaired) electrons. The minimum Gasteiger partial charge on any atom is -0.483 e. The molecule has 1 aromatic rings. The number of amides is 1. The largest absolute Gasteiger partial charge is 0.483 e. The van der Waals surface area contributed by atoms with E-state index in [1.165, 1.54) is 0 Å². The average Bonchev–Trinajstić information content (AvgIpc) is 2.44. The maximum Gasteiger partial charge on any atom is 0.258 e. The number of nitrogens with one attached hydrogen (secondary N) is 3. The fourth-order valence-electron chi connectivity index (χ4n) is 2.04. The van der Waals surface area contributed by atoms with Gasteiger partial charge in [0.25, 0.3) is 5.91 Å². The number of halogens is 1. The Hall–Kier alpha value is -1.11. The zero-order chi connectivity index (χ0) is 17.3. The molecule has 1 amide bonds. The van der Waals surface area contributed by atoms with Crippen molar-refractivity contribution in [1.82, 2.24) is 16.0 Å². The van der Waals surface area contributed by atoms with Gasteiger partial charge >= 0.3 is 0 Å². The van der Waals surface area contributed by atoms with Gasteiger partial charge in [-0.05, 0) is 65.5 Å². The second-order valence-electron chi connectivity index (χ2n) is 6.47. The Labute approximate surface area is 147 Å². The summed E-state index contributed by atoms with van der Waals surface area (Å²) < 4.78 is 6.69. The summed E-state index contributed by atoms with van der Waals surface area (Å²) in [6.07, 6.45) is 1.06. The first-order valence-corrected chi connectivity index (χ1v) is 8.68. The molecule has 0 aromatic heterocycles. The van der Waals surface area contributed by atoms with Crippen LogP contribution in [0.4, 0.5) is 0 Å². The molecule has 0 atom stereocenters. The summed E-state index contributed by atoms with van der Waals surface area (Å²) in [7, 11) is 1.95. The van der Waals surface area contributed by atoms with Gasteiger partial charge in [0, 0.05) is 22.1 Å². The lowest BCUT2D eigenvalue weighted by atomic mass is 10.1. The van der Waals surface area contributed by atoms with Gasteiger partial charge in [-0.25, -0.2) is 0 Å². The predicted octanol–water partition coefficient (Wildman–Crippen LogP) is 2.44. The van der Waals surface area contributed by atoms with Crippen molar-refractivity contribution in [3.05, 3.63) is 28.2 Å². The second kappa shape index (κ2) is 9.90. The molecule has 5 nitrogen and oxygen atoms in total. The van der Waals surface area contributed by atoms with Crippen molar-refractivity contribution in [2.24, 2.45) is 0 Å². The normalized spacial score (nSPS) is 11.3. The molecular formula is C17H28BrN3O2. The summed E-state index contributed by atoms with van der Waals surface area (Å²) in [6, 6.07) is 5.82. The molecule has 0 aliphatic rings. The smallest absolute Gasteiger partial charge is 0.258 e. The van der Waals surface area contributed by atoms with Crippen molar-refractivity contribution in [2.45, 2.75) is 39.3 Å². The van der Waals surface area contributed by atoms with Gasteiger partial charge in [-0.2, -0.15) is 0 Å². The molecule has 0 spiro atoms. The lowest BCUT2D eigenvalue weighted by Gasteiger charge is -2.21. The Balaban J connectivity index is 2.55. The van der Waals surface area contributed by atoms with Gasteiger partial charge in [0.15, 0.2) is 6.61 Å². The highest BCUT2D eigenvalue weighted by molar-refractivity contribution is 9.10. The van der Waals surface area contributed by atoms with Gasteiger partial charge in [-0.1, -0.05) is 15.9 Å². The molecule has 1 aromatic carbocycles. The number of carbonyl (C=O) groups excluding carboxylic acids is 1. The van der Waals surface area contributed by atoms with E-state index in [0.717, 1.165) is 35.3 Å². The van der Waals surface area contributed by atoms with E-state index in [-0.39, 0.29) is 18.1 Å². The van der Waals surface area contributed by atoms with E-state index in [2.05, 4.69) is 31.9 Å². The number of benzene rings is 1. The first kappa shape index (κ1) is 19.9. The highest BCUT2D eigenvalue weighted by Gasteiger charge is 2.14. The average molecular weight is 386 g/mol. The van der Waals surface area contributed by atoms with Crippen molar-refractivity contribution in [1.29, 1.82) is 0 Å². The molecule has 3 N–H and O–H groups in total. The maximum absolute atomic E-state index is 11.9. The third kappa shape index (κ3) is 8.93. The van der Waals surface area contributed by atoms with Crippen LogP contribution < -0.4 is 20.7 Å². The second-order valence-corrected chi connectivity index (χ2v) is 7.39. The molecule has 0 heterocycles. The maximum atomic E-state index is 11.9. The van der Waals surface area contributed by atoms with Crippen LogP contribution in [0.1, 0.15) is 32.8 Å². The van der Waals surface area contributed by atoms with E-state index >= 15 is 0 Å². The van der Waals surface area contributed by atoms with Crippen LogP contribution in [-0.4, -0.2) is 38.2 Å². The van der Waals surface area contributed by atoms with Gasteiger partial charge in [0.05, 0.1) is 0 Å². The Morgan fingerprint density at radius 2 is 2.00 bits per heavy atom. The summed E-state index contributed by atoms with van der Waals surface area (Å²) in [4.78, 5) is 11.9. The van der Waals surface area contributed by atoms with Crippen LogP contribution in [0.3, 0.4) is 0 Å². The fraction of sp³-hybridized carbons (Fsp3) is 0.588. The lowest BCUT2D eigenvalue weighted by Crippen LogP contribution is -2.43. The van der Waals surface area contributed by atoms with Gasteiger partial charge in [0.2, 0.25) is 0 Å². The minimum absolute atomic E-state index is 0.0195. The quantitative estimate of drug-likeness (QED) is 0.571. The molecule has 0 unspecified atom stereocenters. The van der Waals surface area contributed by atoms with E-state index in [4.69, 9.17) is 4.74 Å². The minimum atomic E-state index is -0.252. The molecule has 0 bridgehead atoms. The number of hydrogen-bond donors (Lipinski definition) is 3. The monoisotopic (exact) mass is 385 g/mol. The van der Waals surface area contributed by atoms with E-state index in [1.54, 1.807) is 0 Å². The predicted molar refractivity (Wildman–Crippen MR) is 97.8 cm³/mol. The third-order valence-electron chi connectivity index (χ3n) is 2.99. The van der Waals surface area contributed by atoms with Crippen LogP contribution >= 0.6 is 15.9 Å². The summed E-state index contributed by atoms with van der Waals surface area (Å²) in [5.41, 5.74) is 0.782. The third-order valence-corrected chi connectivity index (χ3v) is 3.48.